The van der Waals surface area contributed by atoms with Crippen molar-refractivity contribution in [2.45, 2.75) is 38.1 Å². The lowest BCUT2D eigenvalue weighted by Crippen LogP contribution is -2.53. The maximum absolute atomic E-state index is 4.40. The molecule has 2 aliphatic rings. The first-order chi connectivity index (χ1) is 14.2. The number of nitrogens with zero attached hydrogens (tertiary/aromatic N) is 2. The predicted octanol–water partition coefficient (Wildman–Crippen LogP) is 5.46. The molecule has 0 radical (unpaired) electrons. The Hall–Kier alpha value is -2.94. The Bertz CT molecular complexity index is 937. The molecule has 1 fully saturated rings. The SMILES string of the molecule is C=C/C=C1\C(=C/C)NC2(CCN(C(=C)CCc3ccccc3)CC2)c2cccn21. The number of fused-ring (bicyclic) bond motifs is 2. The molecule has 2 aromatic rings. The topological polar surface area (TPSA) is 20.2 Å². The normalized spacial score (nSPS) is 20.5. The molecule has 0 amide bonds. The molecular weight excluding hydrogens is 354 g/mol. The Morgan fingerprint density at radius 1 is 1.14 bits per heavy atom. The van der Waals surface area contributed by atoms with E-state index in [1.165, 1.54) is 28.3 Å². The third-order valence-electron chi connectivity index (χ3n) is 6.32. The van der Waals surface area contributed by atoms with E-state index in [9.17, 15) is 0 Å². The summed E-state index contributed by atoms with van der Waals surface area (Å²) >= 11 is 0. The van der Waals surface area contributed by atoms with E-state index in [0.717, 1.165) is 38.8 Å². The lowest BCUT2D eigenvalue weighted by molar-refractivity contribution is 0.161. The second kappa shape index (κ2) is 8.20. The highest BCUT2D eigenvalue weighted by molar-refractivity contribution is 5.69. The summed E-state index contributed by atoms with van der Waals surface area (Å²) in [6, 6.07) is 15.1. The van der Waals surface area contributed by atoms with Gasteiger partial charge in [0.1, 0.15) is 0 Å². The molecule has 0 bridgehead atoms. The highest BCUT2D eigenvalue weighted by Gasteiger charge is 2.42. The molecule has 1 N–H and O–H groups in total. The minimum atomic E-state index is -0.0138. The first kappa shape index (κ1) is 19.4. The second-order valence-corrected chi connectivity index (χ2v) is 8.00. The fraction of sp³-hybridized carbons (Fsp3) is 0.308. The monoisotopic (exact) mass is 385 g/mol. The van der Waals surface area contributed by atoms with Gasteiger partial charge in [-0.3, -0.25) is 0 Å². The summed E-state index contributed by atoms with van der Waals surface area (Å²) in [5, 5.41) is 3.88. The predicted molar refractivity (Wildman–Crippen MR) is 122 cm³/mol. The molecule has 4 rings (SSSR count). The summed E-state index contributed by atoms with van der Waals surface area (Å²) in [6.45, 7) is 12.5. The van der Waals surface area contributed by atoms with Gasteiger partial charge in [-0.15, -0.1) is 0 Å². The molecule has 3 heteroatoms. The molecule has 0 saturated carbocycles. The van der Waals surface area contributed by atoms with Gasteiger partial charge in [-0.05, 0) is 56.4 Å². The largest absolute Gasteiger partial charge is 0.375 e. The highest BCUT2D eigenvalue weighted by atomic mass is 15.2. The quantitative estimate of drug-likeness (QED) is 0.737. The number of hydrogen-bond acceptors (Lipinski definition) is 2. The van der Waals surface area contributed by atoms with Crippen molar-refractivity contribution in [1.29, 1.82) is 0 Å². The number of aromatic nitrogens is 1. The van der Waals surface area contributed by atoms with E-state index in [2.05, 4.69) is 95.7 Å². The number of allylic oxidation sites excluding steroid dienone is 5. The van der Waals surface area contributed by atoms with Gasteiger partial charge in [0.2, 0.25) is 0 Å². The van der Waals surface area contributed by atoms with Crippen LogP contribution in [0.5, 0.6) is 0 Å². The van der Waals surface area contributed by atoms with Crippen molar-refractivity contribution in [2.24, 2.45) is 0 Å². The van der Waals surface area contributed by atoms with Crippen LogP contribution in [0, 0.1) is 0 Å². The second-order valence-electron chi connectivity index (χ2n) is 8.00. The van der Waals surface area contributed by atoms with Crippen LogP contribution in [-0.2, 0) is 12.0 Å². The van der Waals surface area contributed by atoms with Crippen molar-refractivity contribution >= 4 is 5.70 Å². The van der Waals surface area contributed by atoms with Crippen LogP contribution in [0.3, 0.4) is 0 Å². The van der Waals surface area contributed by atoms with Crippen LogP contribution in [0.15, 0.2) is 91.4 Å². The molecule has 0 unspecified atom stereocenters. The zero-order valence-electron chi connectivity index (χ0n) is 17.4. The van der Waals surface area contributed by atoms with Gasteiger partial charge in [0.25, 0.3) is 0 Å². The van der Waals surface area contributed by atoms with Gasteiger partial charge in [-0.1, -0.05) is 55.6 Å². The average molecular weight is 386 g/mol. The Kier molecular flexibility index (Phi) is 5.48. The van der Waals surface area contributed by atoms with Gasteiger partial charge >= 0.3 is 0 Å². The Morgan fingerprint density at radius 3 is 2.59 bits per heavy atom. The third kappa shape index (κ3) is 3.69. The van der Waals surface area contributed by atoms with Gasteiger partial charge < -0.3 is 14.8 Å². The standard InChI is InChI=1S/C26H31N3/c1-4-10-24-23(5-2)27-26(25-13-9-18-29(24)25)16-19-28(20-17-26)21(3)14-15-22-11-7-6-8-12-22/h4-13,18,27H,1,3,14-17,19-20H2,2H3/b23-5+,24-10+. The summed E-state index contributed by atoms with van der Waals surface area (Å²) in [7, 11) is 0. The molecule has 2 aliphatic heterocycles. The van der Waals surface area contributed by atoms with Crippen LogP contribution >= 0.6 is 0 Å². The maximum atomic E-state index is 4.40. The summed E-state index contributed by atoms with van der Waals surface area (Å²) < 4.78 is 2.33. The van der Waals surface area contributed by atoms with Crippen LogP contribution in [0.4, 0.5) is 0 Å². The fourth-order valence-electron chi connectivity index (χ4n) is 4.68. The summed E-state index contributed by atoms with van der Waals surface area (Å²) in [5.74, 6) is 0. The van der Waals surface area contributed by atoms with Crippen molar-refractivity contribution < 1.29 is 0 Å². The first-order valence-electron chi connectivity index (χ1n) is 10.6. The molecule has 1 spiro atoms. The van der Waals surface area contributed by atoms with Crippen molar-refractivity contribution in [1.82, 2.24) is 14.8 Å². The maximum Gasteiger partial charge on any atom is 0.0813 e. The van der Waals surface area contributed by atoms with E-state index in [-0.39, 0.29) is 5.54 Å². The van der Waals surface area contributed by atoms with E-state index in [4.69, 9.17) is 0 Å². The van der Waals surface area contributed by atoms with Gasteiger partial charge in [-0.25, -0.2) is 0 Å². The van der Waals surface area contributed by atoms with Crippen molar-refractivity contribution in [3.63, 3.8) is 0 Å². The third-order valence-corrected chi connectivity index (χ3v) is 6.32. The highest BCUT2D eigenvalue weighted by Crippen LogP contribution is 2.41. The molecule has 29 heavy (non-hydrogen) atoms. The van der Waals surface area contributed by atoms with Crippen molar-refractivity contribution in [3.05, 3.63) is 103 Å². The van der Waals surface area contributed by atoms with E-state index in [1.54, 1.807) is 0 Å². The molecule has 1 saturated heterocycles. The van der Waals surface area contributed by atoms with Gasteiger partial charge in [0, 0.05) is 30.7 Å². The Balaban J connectivity index is 1.47. The zero-order valence-corrected chi connectivity index (χ0v) is 17.4. The number of benzene rings is 1. The molecule has 1 aromatic carbocycles. The Morgan fingerprint density at radius 2 is 1.90 bits per heavy atom. The molecule has 1 aromatic heterocycles. The lowest BCUT2D eigenvalue weighted by atomic mass is 9.81. The number of hydrogen-bond donors (Lipinski definition) is 1. The number of likely N-dealkylation sites (tertiary alicyclic amines) is 1. The minimum Gasteiger partial charge on any atom is -0.375 e. The van der Waals surface area contributed by atoms with E-state index >= 15 is 0 Å². The smallest absolute Gasteiger partial charge is 0.0813 e. The summed E-state index contributed by atoms with van der Waals surface area (Å²) in [6.07, 6.45) is 12.5. The van der Waals surface area contributed by atoms with Crippen LogP contribution in [-0.4, -0.2) is 22.6 Å². The molecule has 3 heterocycles. The summed E-state index contributed by atoms with van der Waals surface area (Å²) in [4.78, 5) is 2.48. The van der Waals surface area contributed by atoms with Crippen LogP contribution in [0.2, 0.25) is 0 Å². The van der Waals surface area contributed by atoms with E-state index < -0.39 is 0 Å². The zero-order chi connectivity index (χ0) is 20.3. The number of nitrogens with one attached hydrogen (secondary N) is 1. The lowest BCUT2D eigenvalue weighted by Gasteiger charge is -2.48. The molecule has 0 atom stereocenters. The number of rotatable bonds is 5. The van der Waals surface area contributed by atoms with Crippen molar-refractivity contribution in [2.75, 3.05) is 13.1 Å². The number of piperidine rings is 1. The molecule has 0 aliphatic carbocycles. The van der Waals surface area contributed by atoms with E-state index in [1.807, 2.05) is 6.08 Å². The molecular formula is C26H31N3. The molecule has 150 valence electrons. The fourth-order valence-corrected chi connectivity index (χ4v) is 4.68. The van der Waals surface area contributed by atoms with Crippen molar-refractivity contribution in [3.8, 4) is 0 Å². The van der Waals surface area contributed by atoms with E-state index in [0.29, 0.717) is 0 Å². The van der Waals surface area contributed by atoms with Gasteiger partial charge in [-0.2, -0.15) is 0 Å². The summed E-state index contributed by atoms with van der Waals surface area (Å²) in [5.41, 5.74) is 6.33. The minimum absolute atomic E-state index is 0.0138. The van der Waals surface area contributed by atoms with Crippen LogP contribution in [0.1, 0.15) is 37.4 Å². The van der Waals surface area contributed by atoms with Gasteiger partial charge in [0.05, 0.1) is 16.9 Å². The average Bonchev–Trinajstić information content (AvgIpc) is 3.26. The first-order valence-corrected chi connectivity index (χ1v) is 10.6. The van der Waals surface area contributed by atoms with Crippen LogP contribution in [0.25, 0.3) is 5.70 Å². The molecule has 3 nitrogen and oxygen atoms in total. The number of aryl methyl sites for hydroxylation is 1. The van der Waals surface area contributed by atoms with Crippen LogP contribution < -0.4 is 5.32 Å². The Labute approximate surface area is 174 Å². The van der Waals surface area contributed by atoms with Gasteiger partial charge in [0.15, 0.2) is 0 Å².